The minimum absolute atomic E-state index is 0.205. The highest BCUT2D eigenvalue weighted by atomic mass is 35.5. The van der Waals surface area contributed by atoms with Crippen LogP contribution in [0.5, 0.6) is 5.75 Å². The van der Waals surface area contributed by atoms with Gasteiger partial charge in [-0.15, -0.1) is 0 Å². The zero-order valence-electron chi connectivity index (χ0n) is 15.3. The second-order valence-electron chi connectivity index (χ2n) is 5.91. The lowest BCUT2D eigenvalue weighted by Gasteiger charge is -2.04. The monoisotopic (exact) mass is 427 g/mol. The van der Waals surface area contributed by atoms with E-state index in [0.29, 0.717) is 21.9 Å². The van der Waals surface area contributed by atoms with Gasteiger partial charge in [0.25, 0.3) is 5.91 Å². The zero-order valence-corrected chi connectivity index (χ0v) is 16.0. The molecule has 10 nitrogen and oxygen atoms in total. The van der Waals surface area contributed by atoms with Crippen LogP contribution >= 0.6 is 11.6 Å². The highest BCUT2D eigenvalue weighted by molar-refractivity contribution is 6.30. The molecule has 152 valence electrons. The Kier molecular flexibility index (Phi) is 6.50. The Hall–Kier alpha value is -4.05. The Labute approximate surface area is 174 Å². The number of carbonyl (C=O) groups excluding carboxylic acids is 2. The number of hydrogen-bond acceptors (Lipinski definition) is 7. The van der Waals surface area contributed by atoms with E-state index in [4.69, 9.17) is 16.3 Å². The molecule has 0 aliphatic heterocycles. The summed E-state index contributed by atoms with van der Waals surface area (Å²) in [5.41, 5.74) is 3.11. The number of carbonyl (C=O) groups is 2. The quantitative estimate of drug-likeness (QED) is 0.203. The molecule has 2 aromatic carbocycles. The number of hydrazone groups is 1. The standard InChI is InChI=1S/C19H14ClN5O5/c20-15-5-3-14(4-6-15)19(27)30-17-7-1-13(2-8-17)9-21-23-18(26)12-24-11-16(10-22-24)25(28)29/h1-11H,12H2,(H,23,26)/b21-9-. The maximum Gasteiger partial charge on any atom is 0.343 e. The molecule has 1 N–H and O–H groups in total. The van der Waals surface area contributed by atoms with E-state index in [9.17, 15) is 19.7 Å². The van der Waals surface area contributed by atoms with E-state index in [1.165, 1.54) is 6.21 Å². The topological polar surface area (TPSA) is 129 Å². The average Bonchev–Trinajstić information content (AvgIpc) is 3.18. The molecule has 0 unspecified atom stereocenters. The van der Waals surface area contributed by atoms with Gasteiger partial charge < -0.3 is 4.74 Å². The van der Waals surface area contributed by atoms with Crippen LogP contribution < -0.4 is 10.2 Å². The Bertz CT molecular complexity index is 1090. The predicted octanol–water partition coefficient (Wildman–Crippen LogP) is 2.81. The van der Waals surface area contributed by atoms with Gasteiger partial charge in [-0.2, -0.15) is 10.2 Å². The fourth-order valence-corrected chi connectivity index (χ4v) is 2.39. The number of ether oxygens (including phenoxy) is 1. The largest absolute Gasteiger partial charge is 0.423 e. The van der Waals surface area contributed by atoms with Crippen molar-refractivity contribution in [2.75, 3.05) is 0 Å². The number of nitro groups is 1. The summed E-state index contributed by atoms with van der Waals surface area (Å²) in [6.45, 7) is -0.217. The molecular weight excluding hydrogens is 414 g/mol. The van der Waals surface area contributed by atoms with Gasteiger partial charge in [0.1, 0.15) is 24.7 Å². The molecule has 1 heterocycles. The average molecular weight is 428 g/mol. The van der Waals surface area contributed by atoms with E-state index in [0.717, 1.165) is 17.1 Å². The number of nitrogens with zero attached hydrogens (tertiary/aromatic N) is 4. The maximum absolute atomic E-state index is 12.1. The predicted molar refractivity (Wildman–Crippen MR) is 107 cm³/mol. The summed E-state index contributed by atoms with van der Waals surface area (Å²) in [4.78, 5) is 33.8. The molecule has 0 spiro atoms. The van der Waals surface area contributed by atoms with Crippen molar-refractivity contribution in [3.8, 4) is 5.75 Å². The summed E-state index contributed by atoms with van der Waals surface area (Å²) in [6, 6.07) is 12.8. The maximum atomic E-state index is 12.1. The Morgan fingerprint density at radius 3 is 2.53 bits per heavy atom. The summed E-state index contributed by atoms with van der Waals surface area (Å²) in [6.07, 6.45) is 3.60. The molecule has 1 amide bonds. The van der Waals surface area contributed by atoms with Gasteiger partial charge in [-0.05, 0) is 54.1 Å². The van der Waals surface area contributed by atoms with E-state index in [2.05, 4.69) is 15.6 Å². The summed E-state index contributed by atoms with van der Waals surface area (Å²) < 4.78 is 6.40. The normalized spacial score (nSPS) is 10.7. The molecule has 1 aromatic heterocycles. The van der Waals surface area contributed by atoms with E-state index in [1.54, 1.807) is 48.5 Å². The SMILES string of the molecule is O=C(Cn1cc([N+](=O)[O-])cn1)N/N=C\c1ccc(OC(=O)c2ccc(Cl)cc2)cc1. The number of benzene rings is 2. The van der Waals surface area contributed by atoms with Crippen LogP contribution in [0, 0.1) is 10.1 Å². The zero-order chi connectivity index (χ0) is 21.5. The first-order chi connectivity index (χ1) is 14.4. The number of rotatable bonds is 7. The number of amides is 1. The number of nitrogens with one attached hydrogen (secondary N) is 1. The van der Waals surface area contributed by atoms with E-state index in [1.807, 2.05) is 0 Å². The molecular formula is C19H14ClN5O5. The Morgan fingerprint density at radius 1 is 1.20 bits per heavy atom. The van der Waals surface area contributed by atoms with Crippen LogP contribution in [0.15, 0.2) is 66.0 Å². The molecule has 0 aliphatic rings. The molecule has 0 atom stereocenters. The van der Waals surface area contributed by atoms with E-state index in [-0.39, 0.29) is 12.2 Å². The molecule has 0 bridgehead atoms. The van der Waals surface area contributed by atoms with Crippen molar-refractivity contribution < 1.29 is 19.2 Å². The van der Waals surface area contributed by atoms with Crippen LogP contribution in [0.2, 0.25) is 5.02 Å². The van der Waals surface area contributed by atoms with Crippen molar-refractivity contribution in [1.82, 2.24) is 15.2 Å². The molecule has 3 rings (SSSR count). The lowest BCUT2D eigenvalue weighted by atomic mass is 10.2. The first-order valence-electron chi connectivity index (χ1n) is 8.47. The number of esters is 1. The van der Waals surface area contributed by atoms with Crippen molar-refractivity contribution in [1.29, 1.82) is 0 Å². The molecule has 11 heteroatoms. The van der Waals surface area contributed by atoms with Gasteiger partial charge in [0, 0.05) is 5.02 Å². The number of aromatic nitrogens is 2. The second kappa shape index (κ2) is 9.43. The lowest BCUT2D eigenvalue weighted by molar-refractivity contribution is -0.385. The molecule has 30 heavy (non-hydrogen) atoms. The van der Waals surface area contributed by atoms with Gasteiger partial charge in [0.2, 0.25) is 0 Å². The minimum atomic E-state index is -0.601. The highest BCUT2D eigenvalue weighted by Gasteiger charge is 2.11. The van der Waals surface area contributed by atoms with Gasteiger partial charge in [-0.25, -0.2) is 10.2 Å². The van der Waals surface area contributed by atoms with Crippen LogP contribution in [0.3, 0.4) is 0 Å². The third-order valence-electron chi connectivity index (χ3n) is 3.71. The first kappa shape index (κ1) is 20.7. The minimum Gasteiger partial charge on any atom is -0.423 e. The van der Waals surface area contributed by atoms with Crippen molar-refractivity contribution in [3.63, 3.8) is 0 Å². The van der Waals surface area contributed by atoms with Crippen LogP contribution in [0.1, 0.15) is 15.9 Å². The molecule has 0 fully saturated rings. The van der Waals surface area contributed by atoms with E-state index < -0.39 is 16.8 Å². The van der Waals surface area contributed by atoms with Crippen LogP contribution in [-0.4, -0.2) is 32.8 Å². The van der Waals surface area contributed by atoms with Gasteiger partial charge in [0.15, 0.2) is 0 Å². The Morgan fingerprint density at radius 2 is 1.90 bits per heavy atom. The smallest absolute Gasteiger partial charge is 0.343 e. The Balaban J connectivity index is 1.50. The molecule has 3 aromatic rings. The molecule has 0 saturated carbocycles. The first-order valence-corrected chi connectivity index (χ1v) is 8.85. The highest BCUT2D eigenvalue weighted by Crippen LogP contribution is 2.15. The van der Waals surface area contributed by atoms with Crippen molar-refractivity contribution in [2.45, 2.75) is 6.54 Å². The van der Waals surface area contributed by atoms with Crippen molar-refractivity contribution in [3.05, 3.63) is 87.2 Å². The lowest BCUT2D eigenvalue weighted by Crippen LogP contribution is -2.23. The third kappa shape index (κ3) is 5.72. The molecule has 0 radical (unpaired) electrons. The number of hydrogen-bond donors (Lipinski definition) is 1. The summed E-state index contributed by atoms with van der Waals surface area (Å²) >= 11 is 5.79. The van der Waals surface area contributed by atoms with Gasteiger partial charge >= 0.3 is 11.7 Å². The van der Waals surface area contributed by atoms with E-state index >= 15 is 0 Å². The number of halogens is 1. The fraction of sp³-hybridized carbons (Fsp3) is 0.0526. The molecule has 0 saturated heterocycles. The van der Waals surface area contributed by atoms with Crippen LogP contribution in [0.4, 0.5) is 5.69 Å². The summed E-state index contributed by atoms with van der Waals surface area (Å²) in [5, 5.41) is 18.6. The third-order valence-corrected chi connectivity index (χ3v) is 3.96. The fourth-order valence-electron chi connectivity index (χ4n) is 2.27. The van der Waals surface area contributed by atoms with Gasteiger partial charge in [-0.3, -0.25) is 19.6 Å². The molecule has 0 aliphatic carbocycles. The van der Waals surface area contributed by atoms with Crippen molar-refractivity contribution in [2.24, 2.45) is 5.10 Å². The summed E-state index contributed by atoms with van der Waals surface area (Å²) in [5.74, 6) is -0.673. The van der Waals surface area contributed by atoms with Crippen LogP contribution in [-0.2, 0) is 11.3 Å². The van der Waals surface area contributed by atoms with Crippen LogP contribution in [0.25, 0.3) is 0 Å². The van der Waals surface area contributed by atoms with Gasteiger partial charge in [-0.1, -0.05) is 11.6 Å². The van der Waals surface area contributed by atoms with Gasteiger partial charge in [0.05, 0.1) is 16.7 Å². The summed E-state index contributed by atoms with van der Waals surface area (Å²) in [7, 11) is 0. The second-order valence-corrected chi connectivity index (χ2v) is 6.35. The van der Waals surface area contributed by atoms with Crippen molar-refractivity contribution >= 4 is 35.4 Å².